The first kappa shape index (κ1) is 12.3. The van der Waals surface area contributed by atoms with Crippen LogP contribution in [0.2, 0.25) is 5.15 Å². The predicted octanol–water partition coefficient (Wildman–Crippen LogP) is 1.74. The Hall–Kier alpha value is -2.13. The van der Waals surface area contributed by atoms with Crippen molar-refractivity contribution in [3.05, 3.63) is 28.2 Å². The van der Waals surface area contributed by atoms with Crippen molar-refractivity contribution in [3.8, 4) is 6.07 Å². The number of esters is 1. The smallest absolute Gasteiger partial charge is 0.357 e. The van der Waals surface area contributed by atoms with Crippen molar-refractivity contribution >= 4 is 23.2 Å². The van der Waals surface area contributed by atoms with Gasteiger partial charge >= 0.3 is 5.97 Å². The van der Waals surface area contributed by atoms with Crippen LogP contribution < -0.4 is 0 Å². The number of ether oxygens (including phenoxy) is 1. The number of fused-ring (bicyclic) bond motifs is 1. The van der Waals surface area contributed by atoms with E-state index in [9.17, 15) is 4.79 Å². The third-order valence-electron chi connectivity index (χ3n) is 2.40. The van der Waals surface area contributed by atoms with Gasteiger partial charge in [0.25, 0.3) is 0 Å². The number of halogens is 1. The van der Waals surface area contributed by atoms with Gasteiger partial charge in [-0.2, -0.15) is 10.4 Å². The number of aromatic nitrogens is 3. The Morgan fingerprint density at radius 1 is 1.67 bits per heavy atom. The summed E-state index contributed by atoms with van der Waals surface area (Å²) in [4.78, 5) is 15.8. The highest BCUT2D eigenvalue weighted by molar-refractivity contribution is 6.30. The van der Waals surface area contributed by atoms with Gasteiger partial charge in [0, 0.05) is 5.56 Å². The van der Waals surface area contributed by atoms with E-state index < -0.39 is 5.97 Å². The molecule has 7 heteroatoms. The van der Waals surface area contributed by atoms with E-state index in [1.54, 1.807) is 13.8 Å². The average Bonchev–Trinajstić information content (AvgIpc) is 2.76. The van der Waals surface area contributed by atoms with Crippen LogP contribution in [-0.4, -0.2) is 27.2 Å². The molecule has 2 aromatic rings. The molecule has 0 saturated carbocycles. The van der Waals surface area contributed by atoms with Crippen LogP contribution in [0, 0.1) is 18.3 Å². The lowest BCUT2D eigenvalue weighted by Gasteiger charge is -2.07. The molecule has 0 aliphatic rings. The summed E-state index contributed by atoms with van der Waals surface area (Å²) in [6.07, 6.45) is 1.35. The molecule has 0 saturated heterocycles. The number of carbonyl (C=O) groups is 1. The highest BCUT2D eigenvalue weighted by atomic mass is 35.5. The van der Waals surface area contributed by atoms with E-state index in [1.807, 2.05) is 6.07 Å². The topological polar surface area (TPSA) is 80.3 Å². The Morgan fingerprint density at radius 2 is 2.39 bits per heavy atom. The minimum Gasteiger partial charge on any atom is -0.461 e. The third-order valence-corrected chi connectivity index (χ3v) is 2.84. The lowest BCUT2D eigenvalue weighted by molar-refractivity contribution is 0.0518. The lowest BCUT2D eigenvalue weighted by Crippen LogP contribution is -2.12. The highest BCUT2D eigenvalue weighted by Crippen LogP contribution is 2.21. The summed E-state index contributed by atoms with van der Waals surface area (Å²) in [6, 6.07) is 1.94. The highest BCUT2D eigenvalue weighted by Gasteiger charge is 2.19. The Morgan fingerprint density at radius 3 is 3.00 bits per heavy atom. The van der Waals surface area contributed by atoms with E-state index in [-0.39, 0.29) is 28.7 Å². The van der Waals surface area contributed by atoms with E-state index in [4.69, 9.17) is 21.6 Å². The molecule has 0 radical (unpaired) electrons. The minimum atomic E-state index is -0.565. The molecule has 0 aliphatic carbocycles. The summed E-state index contributed by atoms with van der Waals surface area (Å²) in [5, 5.41) is 13.1. The number of hydrogen-bond acceptors (Lipinski definition) is 5. The molecule has 0 bridgehead atoms. The van der Waals surface area contributed by atoms with Gasteiger partial charge in [0.05, 0.1) is 12.8 Å². The largest absolute Gasteiger partial charge is 0.461 e. The maximum absolute atomic E-state index is 11.7. The molecule has 2 heterocycles. The molecular weight excluding hydrogens is 256 g/mol. The second-order valence-corrected chi connectivity index (χ2v) is 3.86. The molecule has 6 nitrogen and oxygen atoms in total. The van der Waals surface area contributed by atoms with E-state index in [1.165, 1.54) is 10.7 Å². The molecule has 0 atom stereocenters. The van der Waals surface area contributed by atoms with Crippen molar-refractivity contribution in [2.45, 2.75) is 13.8 Å². The van der Waals surface area contributed by atoms with Gasteiger partial charge in [0.2, 0.25) is 0 Å². The van der Waals surface area contributed by atoms with E-state index in [0.29, 0.717) is 5.56 Å². The maximum atomic E-state index is 11.7. The van der Waals surface area contributed by atoms with Crippen molar-refractivity contribution in [3.63, 3.8) is 0 Å². The molecule has 0 aliphatic heterocycles. The van der Waals surface area contributed by atoms with Gasteiger partial charge in [-0.05, 0) is 13.8 Å². The fourth-order valence-corrected chi connectivity index (χ4v) is 1.73. The van der Waals surface area contributed by atoms with Crippen LogP contribution in [0.25, 0.3) is 5.65 Å². The first-order valence-electron chi connectivity index (χ1n) is 5.21. The summed E-state index contributed by atoms with van der Waals surface area (Å²) in [5.41, 5.74) is 1.07. The first-order valence-corrected chi connectivity index (χ1v) is 5.59. The molecule has 0 spiro atoms. The fourth-order valence-electron chi connectivity index (χ4n) is 1.52. The van der Waals surface area contributed by atoms with Crippen LogP contribution >= 0.6 is 11.6 Å². The molecule has 0 fully saturated rings. The Balaban J connectivity index is 2.72. The maximum Gasteiger partial charge on any atom is 0.357 e. The zero-order chi connectivity index (χ0) is 13.3. The number of hydrogen-bond donors (Lipinski definition) is 0. The van der Waals surface area contributed by atoms with Gasteiger partial charge in [-0.3, -0.25) is 0 Å². The summed E-state index contributed by atoms with van der Waals surface area (Å²) in [6.45, 7) is 3.59. The summed E-state index contributed by atoms with van der Waals surface area (Å²) >= 11 is 6.09. The van der Waals surface area contributed by atoms with Crippen molar-refractivity contribution in [2.24, 2.45) is 0 Å². The molecule has 2 rings (SSSR count). The molecule has 0 unspecified atom stereocenters. The lowest BCUT2D eigenvalue weighted by atomic mass is 10.2. The van der Waals surface area contributed by atoms with Crippen LogP contribution in [0.4, 0.5) is 0 Å². The normalized spacial score (nSPS) is 10.3. The van der Waals surface area contributed by atoms with Crippen molar-refractivity contribution in [1.29, 1.82) is 5.26 Å². The van der Waals surface area contributed by atoms with Gasteiger partial charge in [-0.25, -0.2) is 14.3 Å². The van der Waals surface area contributed by atoms with Crippen molar-refractivity contribution < 1.29 is 9.53 Å². The molecule has 2 aromatic heterocycles. The van der Waals surface area contributed by atoms with Gasteiger partial charge in [-0.15, -0.1) is 0 Å². The zero-order valence-corrected chi connectivity index (χ0v) is 10.5. The standard InChI is InChI=1S/C11H9ClN4O2/c1-3-18-11(17)8-6(2)9(12)16-10(15-8)7(4-13)5-14-16/h5H,3H2,1-2H3. The van der Waals surface area contributed by atoms with Crippen molar-refractivity contribution in [2.75, 3.05) is 6.61 Å². The van der Waals surface area contributed by atoms with Crippen LogP contribution in [0.5, 0.6) is 0 Å². The number of nitrogens with zero attached hydrogens (tertiary/aromatic N) is 4. The Labute approximate surface area is 108 Å². The monoisotopic (exact) mass is 264 g/mol. The number of nitriles is 1. The summed E-state index contributed by atoms with van der Waals surface area (Å²) < 4.78 is 6.21. The molecule has 0 N–H and O–H groups in total. The molecular formula is C11H9ClN4O2. The van der Waals surface area contributed by atoms with Crippen LogP contribution in [-0.2, 0) is 4.74 Å². The number of carbonyl (C=O) groups excluding carboxylic acids is 1. The Bertz CT molecular complexity index is 672. The van der Waals surface area contributed by atoms with E-state index in [0.717, 1.165) is 0 Å². The molecule has 0 aromatic carbocycles. The van der Waals surface area contributed by atoms with Crippen molar-refractivity contribution in [1.82, 2.24) is 14.6 Å². The fraction of sp³-hybridized carbons (Fsp3) is 0.273. The first-order chi connectivity index (χ1) is 8.60. The molecule has 92 valence electrons. The van der Waals surface area contributed by atoms with E-state index >= 15 is 0 Å². The minimum absolute atomic E-state index is 0.103. The summed E-state index contributed by atoms with van der Waals surface area (Å²) in [5.74, 6) is -0.565. The van der Waals surface area contributed by atoms with E-state index in [2.05, 4.69) is 10.1 Å². The average molecular weight is 265 g/mol. The predicted molar refractivity (Wildman–Crippen MR) is 63.4 cm³/mol. The van der Waals surface area contributed by atoms with Gasteiger partial charge < -0.3 is 4.74 Å². The van der Waals surface area contributed by atoms with Crippen LogP contribution in [0.1, 0.15) is 28.5 Å². The number of rotatable bonds is 2. The quantitative estimate of drug-likeness (QED) is 0.610. The second kappa shape index (κ2) is 4.63. The SMILES string of the molecule is CCOC(=O)c1nc2c(C#N)cnn2c(Cl)c1C. The van der Waals surface area contributed by atoms with Gasteiger partial charge in [0.1, 0.15) is 16.8 Å². The Kier molecular flexibility index (Phi) is 3.17. The van der Waals surface area contributed by atoms with Gasteiger partial charge in [-0.1, -0.05) is 11.6 Å². The van der Waals surface area contributed by atoms with Crippen LogP contribution in [0.3, 0.4) is 0 Å². The second-order valence-electron chi connectivity index (χ2n) is 3.50. The van der Waals surface area contributed by atoms with Crippen LogP contribution in [0.15, 0.2) is 6.20 Å². The third kappa shape index (κ3) is 1.79. The zero-order valence-electron chi connectivity index (χ0n) is 9.77. The summed E-state index contributed by atoms with van der Waals surface area (Å²) in [7, 11) is 0. The molecule has 18 heavy (non-hydrogen) atoms. The molecule has 0 amide bonds. The van der Waals surface area contributed by atoms with Gasteiger partial charge in [0.15, 0.2) is 11.3 Å².